The summed E-state index contributed by atoms with van der Waals surface area (Å²) in [5.74, 6) is -0.568. The summed E-state index contributed by atoms with van der Waals surface area (Å²) in [6, 6.07) is 12.9. The van der Waals surface area contributed by atoms with Gasteiger partial charge in [-0.3, -0.25) is 4.79 Å². The van der Waals surface area contributed by atoms with Crippen molar-refractivity contribution in [3.63, 3.8) is 0 Å². The third kappa shape index (κ3) is 3.21. The molecular weight excluding hydrogens is 230 g/mol. The van der Waals surface area contributed by atoms with E-state index in [9.17, 15) is 9.90 Å². The number of nitrogens with one attached hydrogen (secondary N) is 1. The Hall–Kier alpha value is -2.07. The van der Waals surface area contributed by atoms with Crippen LogP contribution >= 0.6 is 0 Å². The van der Waals surface area contributed by atoms with Gasteiger partial charge in [0.1, 0.15) is 5.76 Å². The maximum Gasteiger partial charge on any atom is 0.312 e. The van der Waals surface area contributed by atoms with E-state index in [0.29, 0.717) is 13.1 Å². The van der Waals surface area contributed by atoms with E-state index < -0.39 is 11.9 Å². The van der Waals surface area contributed by atoms with Crippen molar-refractivity contribution in [2.75, 3.05) is 6.54 Å². The van der Waals surface area contributed by atoms with Gasteiger partial charge in [-0.2, -0.15) is 0 Å². The Balaban J connectivity index is 1.93. The highest BCUT2D eigenvalue weighted by molar-refractivity contribution is 5.76. The molecule has 94 valence electrons. The lowest BCUT2D eigenvalue weighted by molar-refractivity contribution is -0.138. The second kappa shape index (κ2) is 6.02. The third-order valence-electron chi connectivity index (χ3n) is 2.73. The van der Waals surface area contributed by atoms with Gasteiger partial charge in [-0.05, 0) is 17.7 Å². The molecule has 4 heteroatoms. The van der Waals surface area contributed by atoms with E-state index in [4.69, 9.17) is 4.42 Å². The van der Waals surface area contributed by atoms with Crippen LogP contribution < -0.4 is 5.32 Å². The number of hydrogen-bond acceptors (Lipinski definition) is 3. The Morgan fingerprint density at radius 2 is 2.00 bits per heavy atom. The number of carboxylic acid groups (broad SMARTS) is 1. The van der Waals surface area contributed by atoms with Crippen molar-refractivity contribution in [2.45, 2.75) is 12.5 Å². The van der Waals surface area contributed by atoms with Crippen LogP contribution in [0.3, 0.4) is 0 Å². The lowest BCUT2D eigenvalue weighted by Crippen LogP contribution is -2.26. The molecule has 0 amide bonds. The molecule has 1 aromatic heterocycles. The van der Waals surface area contributed by atoms with Gasteiger partial charge in [0.15, 0.2) is 0 Å². The molecule has 0 saturated carbocycles. The monoisotopic (exact) mass is 245 g/mol. The molecule has 0 fully saturated rings. The van der Waals surface area contributed by atoms with Crippen LogP contribution in [0.1, 0.15) is 17.2 Å². The maximum absolute atomic E-state index is 11.2. The molecule has 0 radical (unpaired) electrons. The van der Waals surface area contributed by atoms with Gasteiger partial charge in [0.2, 0.25) is 0 Å². The second-order valence-corrected chi connectivity index (χ2v) is 4.01. The van der Waals surface area contributed by atoms with Crippen LogP contribution in [0.5, 0.6) is 0 Å². The quantitative estimate of drug-likeness (QED) is 0.819. The zero-order valence-corrected chi connectivity index (χ0v) is 9.87. The van der Waals surface area contributed by atoms with Crippen molar-refractivity contribution >= 4 is 5.97 Å². The highest BCUT2D eigenvalue weighted by atomic mass is 16.4. The summed E-state index contributed by atoms with van der Waals surface area (Å²) < 4.78 is 5.17. The molecule has 1 unspecified atom stereocenters. The lowest BCUT2D eigenvalue weighted by Gasteiger charge is -2.13. The fourth-order valence-corrected chi connectivity index (χ4v) is 1.79. The van der Waals surface area contributed by atoms with Gasteiger partial charge in [0, 0.05) is 6.54 Å². The third-order valence-corrected chi connectivity index (χ3v) is 2.73. The van der Waals surface area contributed by atoms with Crippen LogP contribution in [0.2, 0.25) is 0 Å². The largest absolute Gasteiger partial charge is 0.481 e. The first kappa shape index (κ1) is 12.4. The smallest absolute Gasteiger partial charge is 0.312 e. The minimum absolute atomic E-state index is 0.375. The van der Waals surface area contributed by atoms with Crippen LogP contribution in [0.15, 0.2) is 53.1 Å². The maximum atomic E-state index is 11.2. The predicted octanol–water partition coefficient (Wildman–Crippen LogP) is 2.24. The topological polar surface area (TPSA) is 62.5 Å². The average Bonchev–Trinajstić information content (AvgIpc) is 2.88. The highest BCUT2D eigenvalue weighted by Crippen LogP contribution is 2.15. The molecule has 2 rings (SSSR count). The minimum Gasteiger partial charge on any atom is -0.481 e. The molecule has 1 atom stereocenters. The standard InChI is InChI=1S/C14H15NO3/c16-14(17)13(11-5-2-1-3-6-11)10-15-9-12-7-4-8-18-12/h1-8,13,15H,9-10H2,(H,16,17). The zero-order chi connectivity index (χ0) is 12.8. The summed E-state index contributed by atoms with van der Waals surface area (Å²) >= 11 is 0. The molecule has 1 heterocycles. The van der Waals surface area contributed by atoms with Crippen LogP contribution in [0.25, 0.3) is 0 Å². The first-order valence-corrected chi connectivity index (χ1v) is 5.78. The second-order valence-electron chi connectivity index (χ2n) is 4.01. The molecule has 2 aromatic rings. The molecular formula is C14H15NO3. The number of aliphatic carboxylic acids is 1. The zero-order valence-electron chi connectivity index (χ0n) is 9.87. The summed E-state index contributed by atoms with van der Waals surface area (Å²) in [7, 11) is 0. The van der Waals surface area contributed by atoms with E-state index in [1.165, 1.54) is 0 Å². The molecule has 0 aliphatic heterocycles. The van der Waals surface area contributed by atoms with Crippen molar-refractivity contribution in [2.24, 2.45) is 0 Å². The van der Waals surface area contributed by atoms with Crippen molar-refractivity contribution < 1.29 is 14.3 Å². The summed E-state index contributed by atoms with van der Waals surface area (Å²) in [6.07, 6.45) is 1.60. The van der Waals surface area contributed by atoms with Gasteiger partial charge in [-0.15, -0.1) is 0 Å². The van der Waals surface area contributed by atoms with Gasteiger partial charge in [0.25, 0.3) is 0 Å². The van der Waals surface area contributed by atoms with Gasteiger partial charge >= 0.3 is 5.97 Å². The van der Waals surface area contributed by atoms with Gasteiger partial charge in [-0.25, -0.2) is 0 Å². The summed E-state index contributed by atoms with van der Waals surface area (Å²) in [5, 5.41) is 12.3. The van der Waals surface area contributed by atoms with Crippen LogP contribution in [0, 0.1) is 0 Å². The molecule has 18 heavy (non-hydrogen) atoms. The Labute approximate surface area is 105 Å². The molecule has 1 aromatic carbocycles. The van der Waals surface area contributed by atoms with Gasteiger partial charge in [0.05, 0.1) is 18.7 Å². The fourth-order valence-electron chi connectivity index (χ4n) is 1.79. The van der Waals surface area contributed by atoms with Crippen molar-refractivity contribution in [3.05, 3.63) is 60.1 Å². The minimum atomic E-state index is -0.826. The summed E-state index contributed by atoms with van der Waals surface area (Å²) in [4.78, 5) is 11.2. The summed E-state index contributed by atoms with van der Waals surface area (Å²) in [5.41, 5.74) is 0.803. The van der Waals surface area contributed by atoms with E-state index >= 15 is 0 Å². The molecule has 0 bridgehead atoms. The number of carbonyl (C=O) groups is 1. The van der Waals surface area contributed by atoms with Gasteiger partial charge in [-0.1, -0.05) is 30.3 Å². The van der Waals surface area contributed by atoms with E-state index in [1.54, 1.807) is 6.26 Å². The Morgan fingerprint density at radius 3 is 2.61 bits per heavy atom. The summed E-state index contributed by atoms with van der Waals surface area (Å²) in [6.45, 7) is 0.906. The van der Waals surface area contributed by atoms with Crippen LogP contribution in [-0.4, -0.2) is 17.6 Å². The molecule has 0 aliphatic rings. The lowest BCUT2D eigenvalue weighted by atomic mass is 9.99. The van der Waals surface area contributed by atoms with E-state index in [1.807, 2.05) is 42.5 Å². The van der Waals surface area contributed by atoms with E-state index in [2.05, 4.69) is 5.32 Å². The van der Waals surface area contributed by atoms with Crippen molar-refractivity contribution in [1.29, 1.82) is 0 Å². The number of carboxylic acids is 1. The van der Waals surface area contributed by atoms with Crippen molar-refractivity contribution in [3.8, 4) is 0 Å². The first-order valence-electron chi connectivity index (χ1n) is 5.78. The van der Waals surface area contributed by atoms with Crippen molar-refractivity contribution in [1.82, 2.24) is 5.32 Å². The Kier molecular flexibility index (Phi) is 4.15. The number of rotatable bonds is 6. The highest BCUT2D eigenvalue weighted by Gasteiger charge is 2.18. The number of furan rings is 1. The normalized spacial score (nSPS) is 12.2. The molecule has 0 aliphatic carbocycles. The number of benzene rings is 1. The van der Waals surface area contributed by atoms with E-state index in [-0.39, 0.29) is 0 Å². The van der Waals surface area contributed by atoms with Crippen LogP contribution in [-0.2, 0) is 11.3 Å². The molecule has 0 saturated heterocycles. The average molecular weight is 245 g/mol. The molecule has 4 nitrogen and oxygen atoms in total. The Bertz CT molecular complexity index is 479. The SMILES string of the molecule is O=C(O)C(CNCc1ccco1)c1ccccc1. The number of hydrogen-bond donors (Lipinski definition) is 2. The molecule has 2 N–H and O–H groups in total. The first-order chi connectivity index (χ1) is 8.77. The van der Waals surface area contributed by atoms with E-state index in [0.717, 1.165) is 11.3 Å². The van der Waals surface area contributed by atoms with Crippen LogP contribution in [0.4, 0.5) is 0 Å². The Morgan fingerprint density at radius 1 is 1.22 bits per heavy atom. The van der Waals surface area contributed by atoms with Gasteiger partial charge < -0.3 is 14.8 Å². The fraction of sp³-hybridized carbons (Fsp3) is 0.214. The predicted molar refractivity (Wildman–Crippen MR) is 67.2 cm³/mol. The molecule has 0 spiro atoms.